The summed E-state index contributed by atoms with van der Waals surface area (Å²) in [5.74, 6) is 1.39. The number of nitrogen functional groups attached to an aromatic ring is 1. The van der Waals surface area contributed by atoms with Crippen LogP contribution in [0.25, 0.3) is 0 Å². The number of benzene rings is 2. The molecule has 0 atom stereocenters. The fourth-order valence-corrected chi connectivity index (χ4v) is 2.78. The van der Waals surface area contributed by atoms with E-state index in [1.165, 1.54) is 0 Å². The summed E-state index contributed by atoms with van der Waals surface area (Å²) < 4.78 is 10.7. The van der Waals surface area contributed by atoms with E-state index < -0.39 is 0 Å². The number of para-hydroxylation sites is 1. The molecule has 0 fully saturated rings. The van der Waals surface area contributed by atoms with Crippen molar-refractivity contribution in [2.75, 3.05) is 26.5 Å². The molecular formula is C21H29ClN2O3. The Kier molecular flexibility index (Phi) is 8.44. The maximum Gasteiger partial charge on any atom is 0.220 e. The SMILES string of the molecule is COc1ccc(C(C)(C)CNC(=O)CCc2ccccc2N)cc1OC.Cl. The average molecular weight is 393 g/mol. The van der Waals surface area contributed by atoms with E-state index in [4.69, 9.17) is 15.2 Å². The van der Waals surface area contributed by atoms with Crippen LogP contribution in [-0.2, 0) is 16.6 Å². The molecule has 1 amide bonds. The van der Waals surface area contributed by atoms with Crippen molar-refractivity contribution < 1.29 is 14.3 Å². The van der Waals surface area contributed by atoms with Gasteiger partial charge in [0.1, 0.15) is 0 Å². The standard InChI is InChI=1S/C21H28N2O3.ClH/c1-21(2,16-10-11-18(25-3)19(13-16)26-4)14-23-20(24)12-9-15-7-5-6-8-17(15)22;/h5-8,10-11,13H,9,12,14,22H2,1-4H3,(H,23,24);1H. The summed E-state index contributed by atoms with van der Waals surface area (Å²) in [4.78, 5) is 12.2. The Hall–Kier alpha value is -2.40. The third-order valence-electron chi connectivity index (χ3n) is 4.57. The Morgan fingerprint density at radius 1 is 1.07 bits per heavy atom. The summed E-state index contributed by atoms with van der Waals surface area (Å²) in [6, 6.07) is 13.5. The molecule has 3 N–H and O–H groups in total. The molecule has 0 aliphatic rings. The number of amides is 1. The molecule has 6 heteroatoms. The number of hydrogen-bond acceptors (Lipinski definition) is 4. The molecule has 0 aliphatic carbocycles. The molecule has 0 heterocycles. The summed E-state index contributed by atoms with van der Waals surface area (Å²) >= 11 is 0. The van der Waals surface area contributed by atoms with Crippen molar-refractivity contribution in [2.24, 2.45) is 0 Å². The predicted octanol–water partition coefficient (Wildman–Crippen LogP) is 3.73. The van der Waals surface area contributed by atoms with Gasteiger partial charge in [0, 0.05) is 24.1 Å². The molecule has 0 saturated carbocycles. The molecule has 5 nitrogen and oxygen atoms in total. The first-order chi connectivity index (χ1) is 12.4. The molecule has 0 unspecified atom stereocenters. The lowest BCUT2D eigenvalue weighted by atomic mass is 9.84. The van der Waals surface area contributed by atoms with Gasteiger partial charge >= 0.3 is 0 Å². The number of halogens is 1. The Morgan fingerprint density at radius 2 is 1.74 bits per heavy atom. The number of anilines is 1. The number of nitrogens with one attached hydrogen (secondary N) is 1. The molecule has 0 aliphatic heterocycles. The lowest BCUT2D eigenvalue weighted by molar-refractivity contribution is -0.121. The molecule has 0 aromatic heterocycles. The van der Waals surface area contributed by atoms with Gasteiger partial charge in [-0.1, -0.05) is 38.1 Å². The lowest BCUT2D eigenvalue weighted by Crippen LogP contribution is -2.36. The zero-order valence-electron chi connectivity index (χ0n) is 16.4. The molecule has 2 aromatic carbocycles. The highest BCUT2D eigenvalue weighted by Gasteiger charge is 2.23. The second-order valence-corrected chi connectivity index (χ2v) is 6.93. The minimum atomic E-state index is -0.235. The van der Waals surface area contributed by atoms with Gasteiger partial charge in [0.05, 0.1) is 14.2 Å². The number of ether oxygens (including phenoxy) is 2. The fraction of sp³-hybridized carbons (Fsp3) is 0.381. The number of hydrogen-bond donors (Lipinski definition) is 2. The summed E-state index contributed by atoms with van der Waals surface area (Å²) in [6.07, 6.45) is 1.05. The first kappa shape index (κ1) is 22.6. The highest BCUT2D eigenvalue weighted by atomic mass is 35.5. The van der Waals surface area contributed by atoms with Gasteiger partial charge in [0.25, 0.3) is 0 Å². The number of methoxy groups -OCH3 is 2. The fourth-order valence-electron chi connectivity index (χ4n) is 2.78. The van der Waals surface area contributed by atoms with E-state index in [0.717, 1.165) is 16.8 Å². The van der Waals surface area contributed by atoms with Gasteiger partial charge in [-0.3, -0.25) is 4.79 Å². The molecule has 148 valence electrons. The second kappa shape index (κ2) is 10.1. The molecule has 2 aromatic rings. The maximum atomic E-state index is 12.2. The first-order valence-corrected chi connectivity index (χ1v) is 8.70. The van der Waals surface area contributed by atoms with Gasteiger partial charge in [-0.2, -0.15) is 0 Å². The minimum absolute atomic E-state index is 0. The Bertz CT molecular complexity index is 763. The summed E-state index contributed by atoms with van der Waals surface area (Å²) in [5, 5.41) is 3.03. The predicted molar refractivity (Wildman–Crippen MR) is 112 cm³/mol. The van der Waals surface area contributed by atoms with Crippen LogP contribution in [0.5, 0.6) is 11.5 Å². The molecule has 2 rings (SSSR count). The van der Waals surface area contributed by atoms with Crippen LogP contribution in [0, 0.1) is 0 Å². The molecule has 0 spiro atoms. The van der Waals surface area contributed by atoms with Crippen LogP contribution in [0.3, 0.4) is 0 Å². The molecule has 27 heavy (non-hydrogen) atoms. The lowest BCUT2D eigenvalue weighted by Gasteiger charge is -2.26. The number of carbonyl (C=O) groups excluding carboxylic acids is 1. The van der Waals surface area contributed by atoms with Crippen molar-refractivity contribution in [3.8, 4) is 11.5 Å². The van der Waals surface area contributed by atoms with Crippen molar-refractivity contribution in [1.82, 2.24) is 5.32 Å². The monoisotopic (exact) mass is 392 g/mol. The van der Waals surface area contributed by atoms with Gasteiger partial charge in [-0.15, -0.1) is 12.4 Å². The van der Waals surface area contributed by atoms with Gasteiger partial charge in [-0.05, 0) is 35.7 Å². The van der Waals surface area contributed by atoms with E-state index in [1.807, 2.05) is 42.5 Å². The number of nitrogens with two attached hydrogens (primary N) is 1. The summed E-state index contributed by atoms with van der Waals surface area (Å²) in [7, 11) is 3.23. The van der Waals surface area contributed by atoms with Crippen molar-refractivity contribution in [3.05, 3.63) is 53.6 Å². The first-order valence-electron chi connectivity index (χ1n) is 8.70. The van der Waals surface area contributed by atoms with E-state index in [1.54, 1.807) is 14.2 Å². The third kappa shape index (κ3) is 6.07. The van der Waals surface area contributed by atoms with E-state index in [2.05, 4.69) is 19.2 Å². The number of carbonyl (C=O) groups is 1. The van der Waals surface area contributed by atoms with Crippen molar-refractivity contribution in [1.29, 1.82) is 0 Å². The Balaban J connectivity index is 0.00000364. The zero-order chi connectivity index (χ0) is 19.2. The van der Waals surface area contributed by atoms with Crippen LogP contribution in [0.15, 0.2) is 42.5 Å². The average Bonchev–Trinajstić information content (AvgIpc) is 2.65. The van der Waals surface area contributed by atoms with Crippen LogP contribution >= 0.6 is 12.4 Å². The highest BCUT2D eigenvalue weighted by molar-refractivity contribution is 5.85. The van der Waals surface area contributed by atoms with Crippen LogP contribution < -0.4 is 20.5 Å². The highest BCUT2D eigenvalue weighted by Crippen LogP contribution is 2.32. The third-order valence-corrected chi connectivity index (χ3v) is 4.57. The van der Waals surface area contributed by atoms with Gasteiger partial charge < -0.3 is 20.5 Å². The van der Waals surface area contributed by atoms with E-state index >= 15 is 0 Å². The zero-order valence-corrected chi connectivity index (χ0v) is 17.2. The van der Waals surface area contributed by atoms with E-state index in [9.17, 15) is 4.79 Å². The largest absolute Gasteiger partial charge is 0.493 e. The van der Waals surface area contributed by atoms with Crippen molar-refractivity contribution in [2.45, 2.75) is 32.1 Å². The van der Waals surface area contributed by atoms with Gasteiger partial charge in [-0.25, -0.2) is 0 Å². The number of rotatable bonds is 8. The van der Waals surface area contributed by atoms with Gasteiger partial charge in [0.15, 0.2) is 11.5 Å². The van der Waals surface area contributed by atoms with Crippen LogP contribution in [0.2, 0.25) is 0 Å². The maximum absolute atomic E-state index is 12.2. The topological polar surface area (TPSA) is 73.6 Å². The minimum Gasteiger partial charge on any atom is -0.493 e. The van der Waals surface area contributed by atoms with Crippen molar-refractivity contribution >= 4 is 24.0 Å². The van der Waals surface area contributed by atoms with Crippen LogP contribution in [-0.4, -0.2) is 26.7 Å². The Morgan fingerprint density at radius 3 is 2.37 bits per heavy atom. The van der Waals surface area contributed by atoms with E-state index in [0.29, 0.717) is 30.9 Å². The summed E-state index contributed by atoms with van der Waals surface area (Å²) in [6.45, 7) is 4.71. The van der Waals surface area contributed by atoms with E-state index in [-0.39, 0.29) is 23.7 Å². The summed E-state index contributed by atoms with van der Waals surface area (Å²) in [5.41, 5.74) is 8.49. The molecule has 0 bridgehead atoms. The normalized spacial score (nSPS) is 10.7. The van der Waals surface area contributed by atoms with Crippen molar-refractivity contribution in [3.63, 3.8) is 0 Å². The molecular weight excluding hydrogens is 364 g/mol. The second-order valence-electron chi connectivity index (χ2n) is 6.93. The molecule has 0 saturated heterocycles. The quantitative estimate of drug-likeness (QED) is 0.671. The van der Waals surface area contributed by atoms with Crippen LogP contribution in [0.1, 0.15) is 31.4 Å². The molecule has 0 radical (unpaired) electrons. The smallest absolute Gasteiger partial charge is 0.220 e. The van der Waals surface area contributed by atoms with Crippen LogP contribution in [0.4, 0.5) is 5.69 Å². The number of aryl methyl sites for hydroxylation is 1. The Labute approximate surface area is 167 Å². The van der Waals surface area contributed by atoms with Gasteiger partial charge in [0.2, 0.25) is 5.91 Å².